The molecule has 9 nitrogen and oxygen atoms in total. The van der Waals surface area contributed by atoms with E-state index in [0.29, 0.717) is 28.6 Å². The zero-order valence-electron chi connectivity index (χ0n) is 18.0. The summed E-state index contributed by atoms with van der Waals surface area (Å²) >= 11 is 11.9. The lowest BCUT2D eigenvalue weighted by molar-refractivity contribution is -0.122. The molecule has 11 heteroatoms. The molecule has 0 aliphatic carbocycles. The number of carbonyl (C=O) groups excluding carboxylic acids is 2. The predicted molar refractivity (Wildman–Crippen MR) is 128 cm³/mol. The summed E-state index contributed by atoms with van der Waals surface area (Å²) in [4.78, 5) is 37.5. The number of amides is 3. The third-order valence-electron chi connectivity index (χ3n) is 4.72. The van der Waals surface area contributed by atoms with E-state index in [9.17, 15) is 14.4 Å². The van der Waals surface area contributed by atoms with Gasteiger partial charge in [0.05, 0.1) is 10.7 Å². The summed E-state index contributed by atoms with van der Waals surface area (Å²) in [5.41, 5.74) is 5.16. The highest BCUT2D eigenvalue weighted by Gasteiger charge is 2.18. The number of aryl methyl sites for hydroxylation is 1. The molecule has 174 valence electrons. The molecule has 3 amide bonds. The van der Waals surface area contributed by atoms with Gasteiger partial charge in [0.1, 0.15) is 6.54 Å². The number of anilines is 1. The van der Waals surface area contributed by atoms with Crippen molar-refractivity contribution in [3.8, 4) is 11.4 Å². The van der Waals surface area contributed by atoms with Gasteiger partial charge in [-0.1, -0.05) is 73.3 Å². The molecular weight excluding hydrogens is 467 g/mol. The van der Waals surface area contributed by atoms with Crippen LogP contribution >= 0.6 is 23.2 Å². The van der Waals surface area contributed by atoms with Crippen molar-refractivity contribution in [3.05, 3.63) is 69.1 Å². The quantitative estimate of drug-likeness (QED) is 0.326. The fourth-order valence-electron chi connectivity index (χ4n) is 3.10. The van der Waals surface area contributed by atoms with Crippen LogP contribution in [0.25, 0.3) is 11.4 Å². The number of aromatic nitrogens is 3. The van der Waals surface area contributed by atoms with Crippen molar-refractivity contribution in [1.29, 1.82) is 0 Å². The maximum absolute atomic E-state index is 12.9. The molecule has 0 unspecified atom stereocenters. The Balaban J connectivity index is 1.68. The average molecular weight is 491 g/mol. The minimum absolute atomic E-state index is 0.249. The van der Waals surface area contributed by atoms with Crippen LogP contribution < -0.4 is 21.9 Å². The van der Waals surface area contributed by atoms with Crippen LogP contribution in [0.4, 0.5) is 10.5 Å². The molecule has 3 aromatic rings. The molecule has 0 saturated carbocycles. The zero-order chi connectivity index (χ0) is 23.8. The van der Waals surface area contributed by atoms with Crippen LogP contribution in [0.1, 0.15) is 26.2 Å². The number of hydrogen-bond donors (Lipinski definition) is 3. The van der Waals surface area contributed by atoms with Crippen molar-refractivity contribution in [2.75, 3.05) is 5.32 Å². The van der Waals surface area contributed by atoms with E-state index in [1.165, 1.54) is 21.4 Å². The maximum atomic E-state index is 12.9. The van der Waals surface area contributed by atoms with E-state index in [4.69, 9.17) is 23.2 Å². The van der Waals surface area contributed by atoms with Crippen LogP contribution in [0.3, 0.4) is 0 Å². The van der Waals surface area contributed by atoms with E-state index >= 15 is 0 Å². The van der Waals surface area contributed by atoms with Crippen LogP contribution in [-0.2, 0) is 17.9 Å². The van der Waals surface area contributed by atoms with Crippen molar-refractivity contribution in [3.63, 3.8) is 0 Å². The lowest BCUT2D eigenvalue weighted by atomic mass is 10.2. The Morgan fingerprint density at radius 1 is 1.03 bits per heavy atom. The van der Waals surface area contributed by atoms with Gasteiger partial charge < -0.3 is 5.32 Å². The molecule has 0 aliphatic rings. The molecule has 0 aliphatic heterocycles. The van der Waals surface area contributed by atoms with Gasteiger partial charge in [0.15, 0.2) is 5.82 Å². The van der Waals surface area contributed by atoms with E-state index in [-0.39, 0.29) is 11.6 Å². The summed E-state index contributed by atoms with van der Waals surface area (Å²) in [6, 6.07) is 13.0. The number of hydrazine groups is 1. The first-order chi connectivity index (χ1) is 15.9. The van der Waals surface area contributed by atoms with E-state index in [2.05, 4.69) is 28.2 Å². The molecule has 3 rings (SSSR count). The van der Waals surface area contributed by atoms with Crippen LogP contribution in [0.2, 0.25) is 10.0 Å². The minimum Gasteiger partial charge on any atom is -0.305 e. The Kier molecular flexibility index (Phi) is 8.51. The molecular formula is C22H24Cl2N6O3. The molecule has 33 heavy (non-hydrogen) atoms. The number of unbranched alkanes of at least 4 members (excludes halogenated alkanes) is 2. The van der Waals surface area contributed by atoms with Crippen molar-refractivity contribution >= 4 is 40.8 Å². The van der Waals surface area contributed by atoms with Gasteiger partial charge in [-0.15, -0.1) is 5.10 Å². The van der Waals surface area contributed by atoms with Crippen molar-refractivity contribution in [2.45, 2.75) is 39.3 Å². The highest BCUT2D eigenvalue weighted by atomic mass is 35.5. The number of halogens is 2. The van der Waals surface area contributed by atoms with E-state index in [1.54, 1.807) is 6.07 Å². The largest absolute Gasteiger partial charge is 0.346 e. The first kappa shape index (κ1) is 24.3. The molecule has 3 N–H and O–H groups in total. The van der Waals surface area contributed by atoms with Gasteiger partial charge in [-0.05, 0) is 24.6 Å². The number of nitrogens with one attached hydrogen (secondary N) is 3. The van der Waals surface area contributed by atoms with Crippen molar-refractivity contribution in [2.24, 2.45) is 0 Å². The van der Waals surface area contributed by atoms with Gasteiger partial charge in [-0.3, -0.25) is 14.8 Å². The van der Waals surface area contributed by atoms with Crippen LogP contribution in [0.15, 0.2) is 53.3 Å². The third-order valence-corrected chi connectivity index (χ3v) is 5.27. The first-order valence-electron chi connectivity index (χ1n) is 10.4. The lowest BCUT2D eigenvalue weighted by Gasteiger charge is -2.11. The molecule has 0 fully saturated rings. The highest BCUT2D eigenvalue weighted by Crippen LogP contribution is 2.25. The highest BCUT2D eigenvalue weighted by molar-refractivity contribution is 6.36. The fourth-order valence-corrected chi connectivity index (χ4v) is 3.55. The monoisotopic (exact) mass is 490 g/mol. The average Bonchev–Trinajstić information content (AvgIpc) is 3.10. The zero-order valence-corrected chi connectivity index (χ0v) is 19.5. The Morgan fingerprint density at radius 2 is 1.79 bits per heavy atom. The summed E-state index contributed by atoms with van der Waals surface area (Å²) in [5.74, 6) is -0.218. The first-order valence-corrected chi connectivity index (χ1v) is 11.2. The van der Waals surface area contributed by atoms with Gasteiger partial charge in [-0.2, -0.15) is 0 Å². The Labute approximate surface area is 200 Å². The van der Waals surface area contributed by atoms with Gasteiger partial charge >= 0.3 is 11.7 Å². The van der Waals surface area contributed by atoms with Gasteiger partial charge in [0.2, 0.25) is 0 Å². The van der Waals surface area contributed by atoms with Crippen LogP contribution in [-0.4, -0.2) is 26.3 Å². The second kappa shape index (κ2) is 11.5. The number of rotatable bonds is 8. The maximum Gasteiger partial charge on any atom is 0.346 e. The normalized spacial score (nSPS) is 10.6. The van der Waals surface area contributed by atoms with Crippen molar-refractivity contribution < 1.29 is 9.59 Å². The van der Waals surface area contributed by atoms with Gasteiger partial charge in [0.25, 0.3) is 5.91 Å². The molecule has 0 spiro atoms. The molecule has 0 saturated heterocycles. The number of urea groups is 1. The van der Waals surface area contributed by atoms with Gasteiger partial charge in [0, 0.05) is 17.1 Å². The smallest absolute Gasteiger partial charge is 0.305 e. The second-order valence-corrected chi connectivity index (χ2v) is 8.08. The van der Waals surface area contributed by atoms with Crippen molar-refractivity contribution in [1.82, 2.24) is 25.2 Å². The number of hydrogen-bond acceptors (Lipinski definition) is 4. The molecule has 0 bridgehead atoms. The summed E-state index contributed by atoms with van der Waals surface area (Å²) < 4.78 is 2.65. The molecule has 0 atom stereocenters. The Bertz CT molecular complexity index is 1180. The minimum atomic E-state index is -0.710. The second-order valence-electron chi connectivity index (χ2n) is 7.24. The van der Waals surface area contributed by atoms with Crippen LogP contribution in [0.5, 0.6) is 0 Å². The summed E-state index contributed by atoms with van der Waals surface area (Å²) in [6.45, 7) is 2.22. The molecule has 1 aromatic heterocycles. The number of benzene rings is 2. The van der Waals surface area contributed by atoms with E-state index in [1.807, 2.05) is 30.3 Å². The third kappa shape index (κ3) is 6.59. The topological polar surface area (TPSA) is 110 Å². The Hall–Kier alpha value is -3.30. The molecule has 0 radical (unpaired) electrons. The van der Waals surface area contributed by atoms with E-state index in [0.717, 1.165) is 19.3 Å². The number of carbonyl (C=O) groups is 2. The van der Waals surface area contributed by atoms with E-state index < -0.39 is 17.6 Å². The lowest BCUT2D eigenvalue weighted by Crippen LogP contribution is -2.46. The van der Waals surface area contributed by atoms with Crippen LogP contribution in [0, 0.1) is 0 Å². The predicted octanol–water partition coefficient (Wildman–Crippen LogP) is 4.06. The summed E-state index contributed by atoms with van der Waals surface area (Å²) in [7, 11) is 0. The summed E-state index contributed by atoms with van der Waals surface area (Å²) in [5, 5.41) is 7.61. The molecule has 2 aromatic carbocycles. The Morgan fingerprint density at radius 3 is 2.48 bits per heavy atom. The SMILES string of the molecule is CCCCCn1nc(-c2ccccc2)n(CC(=O)NNC(=O)Nc2ccc(Cl)cc2Cl)c1=O. The van der Waals surface area contributed by atoms with Gasteiger partial charge in [-0.25, -0.2) is 19.7 Å². The molecule has 1 heterocycles. The number of nitrogens with zero attached hydrogens (tertiary/aromatic N) is 3. The summed E-state index contributed by atoms with van der Waals surface area (Å²) in [6.07, 6.45) is 2.79. The standard InChI is InChI=1S/C22H24Cl2N6O3/c1-2-3-7-12-30-22(33)29(20(28-30)15-8-5-4-6-9-15)14-19(31)26-27-21(32)25-18-11-10-16(23)13-17(18)24/h4-6,8-11,13H,2-3,7,12,14H2,1H3,(H,26,31)(H2,25,27,32). The fraction of sp³-hybridized carbons (Fsp3) is 0.273.